The van der Waals surface area contributed by atoms with E-state index in [0.717, 1.165) is 43.9 Å². The Morgan fingerprint density at radius 3 is 2.07 bits per heavy atom. The first-order valence-electron chi connectivity index (χ1n) is 9.35. The molecule has 142 valence electrons. The van der Waals surface area contributed by atoms with Crippen LogP contribution < -0.4 is 0 Å². The molecular weight excluding hydrogens is 366 g/mol. The van der Waals surface area contributed by atoms with Crippen LogP contribution in [0.5, 0.6) is 0 Å². The molecule has 0 bridgehead atoms. The number of aromatic nitrogens is 1. The molecular formula is C24H23NO2S. The molecule has 0 unspecified atom stereocenters. The van der Waals surface area contributed by atoms with Crippen LogP contribution in [0, 0.1) is 27.7 Å². The molecule has 0 fully saturated rings. The molecule has 4 aromatic rings. The van der Waals surface area contributed by atoms with E-state index in [4.69, 9.17) is 4.98 Å². The van der Waals surface area contributed by atoms with Crippen molar-refractivity contribution in [3.8, 4) is 0 Å². The van der Waals surface area contributed by atoms with Crippen LogP contribution in [0.15, 0.2) is 59.5 Å². The van der Waals surface area contributed by atoms with Crippen LogP contribution in [0.4, 0.5) is 0 Å². The summed E-state index contributed by atoms with van der Waals surface area (Å²) < 4.78 is 26.7. The van der Waals surface area contributed by atoms with Gasteiger partial charge in [0.25, 0.3) is 0 Å². The van der Waals surface area contributed by atoms with Gasteiger partial charge in [0.1, 0.15) is 0 Å². The minimum Gasteiger partial charge on any atom is -0.251 e. The van der Waals surface area contributed by atoms with Crippen molar-refractivity contribution in [1.29, 1.82) is 0 Å². The SMILES string of the molecule is Cc1cc(C)c(S(=O)(=O)Cc2nc3cc(C)ccc3c3ccccc23)c(C)c1. The van der Waals surface area contributed by atoms with Gasteiger partial charge >= 0.3 is 0 Å². The van der Waals surface area contributed by atoms with Crippen molar-refractivity contribution < 1.29 is 8.42 Å². The van der Waals surface area contributed by atoms with Crippen molar-refractivity contribution in [2.75, 3.05) is 0 Å². The summed E-state index contributed by atoms with van der Waals surface area (Å²) in [5.74, 6) is -0.109. The number of rotatable bonds is 3. The van der Waals surface area contributed by atoms with E-state index < -0.39 is 9.84 Å². The van der Waals surface area contributed by atoms with Crippen molar-refractivity contribution in [2.45, 2.75) is 38.3 Å². The first kappa shape index (κ1) is 18.6. The van der Waals surface area contributed by atoms with Crippen molar-refractivity contribution >= 4 is 31.5 Å². The second-order valence-electron chi connectivity index (χ2n) is 7.61. The first-order chi connectivity index (χ1) is 13.3. The molecule has 0 saturated heterocycles. The van der Waals surface area contributed by atoms with Crippen LogP contribution in [0.1, 0.15) is 27.9 Å². The molecule has 0 spiro atoms. The lowest BCUT2D eigenvalue weighted by Crippen LogP contribution is -2.11. The van der Waals surface area contributed by atoms with Crippen molar-refractivity contribution in [1.82, 2.24) is 4.98 Å². The smallest absolute Gasteiger partial charge is 0.184 e. The average molecular weight is 390 g/mol. The Labute approximate surface area is 166 Å². The van der Waals surface area contributed by atoms with E-state index >= 15 is 0 Å². The number of aryl methyl sites for hydroxylation is 4. The highest BCUT2D eigenvalue weighted by atomic mass is 32.2. The highest BCUT2D eigenvalue weighted by Crippen LogP contribution is 2.31. The summed E-state index contributed by atoms with van der Waals surface area (Å²) >= 11 is 0. The molecule has 0 aliphatic carbocycles. The molecule has 28 heavy (non-hydrogen) atoms. The van der Waals surface area contributed by atoms with Crippen LogP contribution in [0.2, 0.25) is 0 Å². The fourth-order valence-electron chi connectivity index (χ4n) is 4.16. The zero-order chi connectivity index (χ0) is 20.1. The van der Waals surface area contributed by atoms with Gasteiger partial charge in [-0.25, -0.2) is 8.42 Å². The summed E-state index contributed by atoms with van der Waals surface area (Å²) in [6.45, 7) is 7.73. The van der Waals surface area contributed by atoms with E-state index in [2.05, 4.69) is 12.1 Å². The number of hydrogen-bond donors (Lipinski definition) is 0. The lowest BCUT2D eigenvalue weighted by Gasteiger charge is -2.14. The van der Waals surface area contributed by atoms with Gasteiger partial charge in [-0.3, -0.25) is 4.98 Å². The van der Waals surface area contributed by atoms with Crippen LogP contribution >= 0.6 is 0 Å². The highest BCUT2D eigenvalue weighted by molar-refractivity contribution is 7.90. The molecule has 0 radical (unpaired) electrons. The van der Waals surface area contributed by atoms with Gasteiger partial charge in [0.2, 0.25) is 0 Å². The Kier molecular flexibility index (Phi) is 4.47. The molecule has 0 atom stereocenters. The quantitative estimate of drug-likeness (QED) is 0.429. The molecule has 1 heterocycles. The average Bonchev–Trinajstić information content (AvgIpc) is 2.60. The number of sulfone groups is 1. The predicted molar refractivity (Wildman–Crippen MR) is 116 cm³/mol. The van der Waals surface area contributed by atoms with Crippen molar-refractivity contribution in [2.24, 2.45) is 0 Å². The van der Waals surface area contributed by atoms with E-state index in [1.165, 1.54) is 0 Å². The number of fused-ring (bicyclic) bond motifs is 3. The fraction of sp³-hybridized carbons (Fsp3) is 0.208. The van der Waals surface area contributed by atoms with E-state index in [1.54, 1.807) is 0 Å². The lowest BCUT2D eigenvalue weighted by molar-refractivity contribution is 0.593. The van der Waals surface area contributed by atoms with E-state index in [9.17, 15) is 8.42 Å². The molecule has 0 saturated carbocycles. The Hall–Kier alpha value is -2.72. The van der Waals surface area contributed by atoms with Crippen LogP contribution in [-0.4, -0.2) is 13.4 Å². The number of pyridine rings is 1. The third-order valence-corrected chi connectivity index (χ3v) is 7.10. The van der Waals surface area contributed by atoms with E-state index in [1.807, 2.05) is 70.2 Å². The van der Waals surface area contributed by atoms with Crippen LogP contribution in [0.3, 0.4) is 0 Å². The maximum Gasteiger partial charge on any atom is 0.184 e. The van der Waals surface area contributed by atoms with Gasteiger partial charge in [-0.15, -0.1) is 0 Å². The van der Waals surface area contributed by atoms with Gasteiger partial charge in [0.05, 0.1) is 21.9 Å². The molecule has 3 aromatic carbocycles. The van der Waals surface area contributed by atoms with E-state index in [-0.39, 0.29) is 5.75 Å². The van der Waals surface area contributed by atoms with Crippen LogP contribution in [0.25, 0.3) is 21.7 Å². The highest BCUT2D eigenvalue weighted by Gasteiger charge is 2.23. The number of benzene rings is 3. The molecule has 0 aliphatic rings. The lowest BCUT2D eigenvalue weighted by atomic mass is 10.0. The Balaban J connectivity index is 1.94. The third kappa shape index (κ3) is 3.18. The second kappa shape index (κ2) is 6.71. The first-order valence-corrected chi connectivity index (χ1v) is 11.0. The number of hydrogen-bond acceptors (Lipinski definition) is 3. The molecule has 4 rings (SSSR count). The Morgan fingerprint density at radius 1 is 0.750 bits per heavy atom. The largest absolute Gasteiger partial charge is 0.251 e. The van der Waals surface area contributed by atoms with Gasteiger partial charge in [0, 0.05) is 10.8 Å². The zero-order valence-electron chi connectivity index (χ0n) is 16.6. The molecule has 3 nitrogen and oxygen atoms in total. The summed E-state index contributed by atoms with van der Waals surface area (Å²) in [6, 6.07) is 17.9. The third-order valence-electron chi connectivity index (χ3n) is 5.18. The molecule has 0 N–H and O–H groups in total. The normalized spacial score (nSPS) is 12.0. The fourth-order valence-corrected chi connectivity index (χ4v) is 5.98. The van der Waals surface area contributed by atoms with Gasteiger partial charge < -0.3 is 0 Å². The summed E-state index contributed by atoms with van der Waals surface area (Å²) in [5.41, 5.74) is 5.19. The zero-order valence-corrected chi connectivity index (χ0v) is 17.4. The topological polar surface area (TPSA) is 47.0 Å². The van der Waals surface area contributed by atoms with Crippen molar-refractivity contribution in [3.63, 3.8) is 0 Å². The van der Waals surface area contributed by atoms with E-state index in [0.29, 0.717) is 10.6 Å². The predicted octanol–water partition coefficient (Wildman–Crippen LogP) is 5.60. The summed E-state index contributed by atoms with van der Waals surface area (Å²) in [4.78, 5) is 5.20. The minimum absolute atomic E-state index is 0.109. The molecule has 1 aromatic heterocycles. The molecule has 0 aliphatic heterocycles. The molecule has 0 amide bonds. The summed E-state index contributed by atoms with van der Waals surface area (Å²) in [5, 5.41) is 2.98. The van der Waals surface area contributed by atoms with Gasteiger partial charge in [-0.1, -0.05) is 54.1 Å². The second-order valence-corrected chi connectivity index (χ2v) is 9.54. The van der Waals surface area contributed by atoms with Gasteiger partial charge in [-0.05, 0) is 55.8 Å². The molecule has 4 heteroatoms. The maximum absolute atomic E-state index is 13.4. The summed E-state index contributed by atoms with van der Waals surface area (Å²) in [7, 11) is -3.52. The summed E-state index contributed by atoms with van der Waals surface area (Å²) in [6.07, 6.45) is 0. The maximum atomic E-state index is 13.4. The standard InChI is InChI=1S/C24H23NO2S/c1-15-9-10-21-19-7-5-6-8-20(19)23(25-22(21)13-15)14-28(26,27)24-17(3)11-16(2)12-18(24)4/h5-13H,14H2,1-4H3. The number of nitrogens with zero attached hydrogens (tertiary/aromatic N) is 1. The van der Waals surface area contributed by atoms with Gasteiger partial charge in [-0.2, -0.15) is 0 Å². The minimum atomic E-state index is -3.52. The van der Waals surface area contributed by atoms with Crippen molar-refractivity contribution in [3.05, 3.63) is 82.5 Å². The Morgan fingerprint density at radius 2 is 1.39 bits per heavy atom. The van der Waals surface area contributed by atoms with Gasteiger partial charge in [0.15, 0.2) is 9.84 Å². The Bertz CT molecular complexity index is 1310. The monoisotopic (exact) mass is 389 g/mol. The van der Waals surface area contributed by atoms with Crippen LogP contribution in [-0.2, 0) is 15.6 Å².